The summed E-state index contributed by atoms with van der Waals surface area (Å²) >= 11 is 0. The Labute approximate surface area is 166 Å². The molecule has 7 nitrogen and oxygen atoms in total. The van der Waals surface area contributed by atoms with E-state index in [9.17, 15) is 13.6 Å². The predicted molar refractivity (Wildman–Crippen MR) is 104 cm³/mol. The minimum absolute atomic E-state index is 0.187. The Bertz CT molecular complexity index is 1030. The molecule has 9 heteroatoms. The van der Waals surface area contributed by atoms with Crippen molar-refractivity contribution in [3.8, 4) is 5.82 Å². The van der Waals surface area contributed by atoms with Gasteiger partial charge in [0, 0.05) is 49.2 Å². The number of hydrogen-bond donors (Lipinski definition) is 1. The summed E-state index contributed by atoms with van der Waals surface area (Å²) in [6.07, 6.45) is 6.36. The van der Waals surface area contributed by atoms with Crippen LogP contribution in [-0.2, 0) is 4.79 Å². The zero-order valence-corrected chi connectivity index (χ0v) is 15.8. The number of piperidine rings is 1. The molecule has 1 saturated heterocycles. The van der Waals surface area contributed by atoms with Crippen molar-refractivity contribution < 1.29 is 13.6 Å². The van der Waals surface area contributed by atoms with E-state index in [4.69, 9.17) is 0 Å². The van der Waals surface area contributed by atoms with Crippen LogP contribution in [-0.4, -0.2) is 38.5 Å². The van der Waals surface area contributed by atoms with Gasteiger partial charge in [0.05, 0.1) is 0 Å². The number of benzene rings is 1. The summed E-state index contributed by atoms with van der Waals surface area (Å²) in [4.78, 5) is 27.5. The van der Waals surface area contributed by atoms with E-state index in [1.165, 1.54) is 12.4 Å². The molecule has 0 bridgehead atoms. The number of imidazole rings is 1. The first-order chi connectivity index (χ1) is 14.0. The molecule has 2 aromatic heterocycles. The molecular formula is C20H20F2N6O. The highest BCUT2D eigenvalue weighted by Crippen LogP contribution is 2.24. The van der Waals surface area contributed by atoms with Crippen LogP contribution in [0, 0.1) is 24.5 Å². The fourth-order valence-corrected chi connectivity index (χ4v) is 3.45. The average molecular weight is 398 g/mol. The van der Waals surface area contributed by atoms with Crippen molar-refractivity contribution in [2.24, 2.45) is 5.92 Å². The number of carbonyl (C=O) groups excluding carboxylic acids is 1. The smallest absolute Gasteiger partial charge is 0.227 e. The first-order valence-corrected chi connectivity index (χ1v) is 9.34. The van der Waals surface area contributed by atoms with Crippen LogP contribution in [0.5, 0.6) is 0 Å². The van der Waals surface area contributed by atoms with E-state index < -0.39 is 11.6 Å². The van der Waals surface area contributed by atoms with Crippen LogP contribution in [0.1, 0.15) is 18.7 Å². The van der Waals surface area contributed by atoms with E-state index >= 15 is 0 Å². The number of nitrogens with zero attached hydrogens (tertiary/aromatic N) is 5. The molecule has 1 aromatic carbocycles. The van der Waals surface area contributed by atoms with Gasteiger partial charge < -0.3 is 10.2 Å². The number of rotatable bonds is 4. The number of halogens is 2. The number of amides is 1. The van der Waals surface area contributed by atoms with E-state index in [1.54, 1.807) is 6.20 Å². The standard InChI is InChI=1S/C20H20F2N6O/c1-13-23-6-9-28(13)19-11-18(24-12-25-19)27-7-4-14(5-8-27)20(29)26-15-2-3-16(21)17(22)10-15/h2-3,6,9-12,14H,4-5,7-8H2,1H3,(H,26,29). The number of aryl methyl sites for hydroxylation is 1. The average Bonchev–Trinajstić information content (AvgIpc) is 3.17. The van der Waals surface area contributed by atoms with Gasteiger partial charge in [-0.25, -0.2) is 23.7 Å². The van der Waals surface area contributed by atoms with Crippen LogP contribution in [0.25, 0.3) is 5.82 Å². The molecule has 0 radical (unpaired) electrons. The van der Waals surface area contributed by atoms with Gasteiger partial charge in [-0.05, 0) is 31.9 Å². The van der Waals surface area contributed by atoms with Gasteiger partial charge in [0.15, 0.2) is 11.6 Å². The predicted octanol–water partition coefficient (Wildman–Crippen LogP) is 3.10. The zero-order chi connectivity index (χ0) is 20.4. The minimum Gasteiger partial charge on any atom is -0.356 e. The summed E-state index contributed by atoms with van der Waals surface area (Å²) in [5.41, 5.74) is 0.257. The molecule has 29 heavy (non-hydrogen) atoms. The molecule has 4 rings (SSSR count). The third-order valence-electron chi connectivity index (χ3n) is 5.09. The fourth-order valence-electron chi connectivity index (χ4n) is 3.45. The minimum atomic E-state index is -0.981. The maximum atomic E-state index is 13.3. The van der Waals surface area contributed by atoms with Crippen molar-refractivity contribution in [3.63, 3.8) is 0 Å². The van der Waals surface area contributed by atoms with Gasteiger partial charge in [0.2, 0.25) is 5.91 Å². The molecular weight excluding hydrogens is 378 g/mol. The lowest BCUT2D eigenvalue weighted by atomic mass is 9.96. The van der Waals surface area contributed by atoms with E-state index in [1.807, 2.05) is 23.8 Å². The summed E-state index contributed by atoms with van der Waals surface area (Å²) in [6.45, 7) is 3.23. The molecule has 1 aliphatic rings. The molecule has 150 valence electrons. The normalized spacial score (nSPS) is 14.8. The SMILES string of the molecule is Cc1nccn1-c1cc(N2CCC(C(=O)Nc3ccc(F)c(F)c3)CC2)ncn1. The Balaban J connectivity index is 1.38. The lowest BCUT2D eigenvalue weighted by molar-refractivity contribution is -0.120. The van der Waals surface area contributed by atoms with E-state index in [0.29, 0.717) is 25.9 Å². The zero-order valence-electron chi connectivity index (χ0n) is 15.8. The molecule has 3 heterocycles. The van der Waals surface area contributed by atoms with Crippen LogP contribution in [0.2, 0.25) is 0 Å². The van der Waals surface area contributed by atoms with Gasteiger partial charge in [0.25, 0.3) is 0 Å². The number of carbonyl (C=O) groups is 1. The van der Waals surface area contributed by atoms with Gasteiger partial charge in [-0.2, -0.15) is 0 Å². The third-order valence-corrected chi connectivity index (χ3v) is 5.09. The highest BCUT2D eigenvalue weighted by Gasteiger charge is 2.26. The summed E-state index contributed by atoms with van der Waals surface area (Å²) in [5, 5.41) is 2.67. The lowest BCUT2D eigenvalue weighted by Gasteiger charge is -2.32. The van der Waals surface area contributed by atoms with E-state index in [-0.39, 0.29) is 17.5 Å². The van der Waals surface area contributed by atoms with E-state index in [0.717, 1.165) is 29.6 Å². The van der Waals surface area contributed by atoms with Crippen molar-refractivity contribution in [3.05, 3.63) is 60.4 Å². The number of anilines is 2. The maximum Gasteiger partial charge on any atom is 0.227 e. The Morgan fingerprint density at radius 1 is 1.07 bits per heavy atom. The monoisotopic (exact) mass is 398 g/mol. The van der Waals surface area contributed by atoms with Crippen molar-refractivity contribution in [1.29, 1.82) is 0 Å². The van der Waals surface area contributed by atoms with Gasteiger partial charge in [-0.15, -0.1) is 0 Å². The number of aromatic nitrogens is 4. The molecule has 0 atom stereocenters. The molecule has 0 spiro atoms. The van der Waals surface area contributed by atoms with Crippen molar-refractivity contribution in [2.45, 2.75) is 19.8 Å². The third kappa shape index (κ3) is 4.08. The Morgan fingerprint density at radius 2 is 1.83 bits per heavy atom. The topological polar surface area (TPSA) is 75.9 Å². The van der Waals surface area contributed by atoms with Gasteiger partial charge in [-0.3, -0.25) is 9.36 Å². The summed E-state index contributed by atoms with van der Waals surface area (Å²) < 4.78 is 28.2. The highest BCUT2D eigenvalue weighted by molar-refractivity contribution is 5.92. The lowest BCUT2D eigenvalue weighted by Crippen LogP contribution is -2.38. The molecule has 0 unspecified atom stereocenters. The van der Waals surface area contributed by atoms with Gasteiger partial charge >= 0.3 is 0 Å². The first kappa shape index (κ1) is 19.0. The van der Waals surface area contributed by atoms with Crippen LogP contribution in [0.4, 0.5) is 20.3 Å². The molecule has 1 N–H and O–H groups in total. The molecule has 0 saturated carbocycles. The van der Waals surface area contributed by atoms with E-state index in [2.05, 4.69) is 25.2 Å². The summed E-state index contributed by atoms with van der Waals surface area (Å²) in [7, 11) is 0. The Morgan fingerprint density at radius 3 is 2.52 bits per heavy atom. The molecule has 3 aromatic rings. The van der Waals surface area contributed by atoms with Crippen LogP contribution >= 0.6 is 0 Å². The Hall–Kier alpha value is -3.36. The van der Waals surface area contributed by atoms with Crippen LogP contribution in [0.3, 0.4) is 0 Å². The van der Waals surface area contributed by atoms with Crippen molar-refractivity contribution in [2.75, 3.05) is 23.3 Å². The quantitative estimate of drug-likeness (QED) is 0.731. The van der Waals surface area contributed by atoms with Crippen molar-refractivity contribution >= 4 is 17.4 Å². The highest BCUT2D eigenvalue weighted by atomic mass is 19.2. The first-order valence-electron chi connectivity index (χ1n) is 9.34. The van der Waals surface area contributed by atoms with Gasteiger partial charge in [-0.1, -0.05) is 0 Å². The van der Waals surface area contributed by atoms with Crippen LogP contribution < -0.4 is 10.2 Å². The molecule has 1 aliphatic heterocycles. The van der Waals surface area contributed by atoms with Crippen molar-refractivity contribution in [1.82, 2.24) is 19.5 Å². The summed E-state index contributed by atoms with van der Waals surface area (Å²) in [6, 6.07) is 5.24. The molecule has 1 fully saturated rings. The summed E-state index contributed by atoms with van der Waals surface area (Å²) in [5.74, 6) is 0.0643. The number of hydrogen-bond acceptors (Lipinski definition) is 5. The second-order valence-corrected chi connectivity index (χ2v) is 6.96. The second kappa shape index (κ2) is 7.94. The molecule has 0 aliphatic carbocycles. The largest absolute Gasteiger partial charge is 0.356 e. The van der Waals surface area contributed by atoms with Crippen LogP contribution in [0.15, 0.2) is 43.0 Å². The van der Waals surface area contributed by atoms with Gasteiger partial charge in [0.1, 0.15) is 23.8 Å². The second-order valence-electron chi connectivity index (χ2n) is 6.96. The number of nitrogens with one attached hydrogen (secondary N) is 1. The molecule has 1 amide bonds. The Kier molecular flexibility index (Phi) is 5.20. The maximum absolute atomic E-state index is 13.3. The fraction of sp³-hybridized carbons (Fsp3) is 0.300.